The third kappa shape index (κ3) is 5.17. The lowest BCUT2D eigenvalue weighted by atomic mass is 9.96. The van der Waals surface area contributed by atoms with Crippen LogP contribution < -0.4 is 10.6 Å². The van der Waals surface area contributed by atoms with Crippen molar-refractivity contribution in [1.29, 1.82) is 0 Å². The fourth-order valence-corrected chi connectivity index (χ4v) is 7.22. The highest BCUT2D eigenvalue weighted by Gasteiger charge is 2.39. The molecule has 33 heavy (non-hydrogen) atoms. The number of nitrogens with zero attached hydrogens (tertiary/aromatic N) is 1. The van der Waals surface area contributed by atoms with E-state index in [1.54, 1.807) is 0 Å². The van der Waals surface area contributed by atoms with E-state index in [2.05, 4.69) is 12.1 Å². The Bertz CT molecular complexity index is 1120. The Balaban J connectivity index is 1.75. The Morgan fingerprint density at radius 3 is 1.61 bits per heavy atom. The van der Waals surface area contributed by atoms with Crippen LogP contribution in [-0.2, 0) is 11.0 Å². The molecule has 2 atom stereocenters. The molecule has 0 fully saturated rings. The first kappa shape index (κ1) is 23.2. The fraction of sp³-hybridized carbons (Fsp3) is 0.172. The molecule has 0 heterocycles. The molecule has 1 N–H and O–H groups in total. The topological polar surface area (TPSA) is 40.5 Å². The summed E-state index contributed by atoms with van der Waals surface area (Å²) in [5.74, 6) is 0. The Kier molecular flexibility index (Phi) is 7.57. The van der Waals surface area contributed by atoms with Gasteiger partial charge in [0, 0.05) is 10.6 Å². The van der Waals surface area contributed by atoms with Gasteiger partial charge in [0.25, 0.3) is 0 Å². The van der Waals surface area contributed by atoms with Gasteiger partial charge in [-0.05, 0) is 55.3 Å². The van der Waals surface area contributed by atoms with Gasteiger partial charge >= 0.3 is 0 Å². The molecular formula is C29H30NO2P. The number of hydrogen-bond acceptors (Lipinski definition) is 2. The van der Waals surface area contributed by atoms with E-state index in [9.17, 15) is 9.67 Å². The number of aliphatic hydroxyl groups is 1. The predicted octanol–water partition coefficient (Wildman–Crippen LogP) is 5.58. The number of hydrogen-bond donors (Lipinski definition) is 1. The summed E-state index contributed by atoms with van der Waals surface area (Å²) >= 11 is 0. The molecule has 4 heteroatoms. The van der Waals surface area contributed by atoms with Crippen LogP contribution in [0, 0.1) is 0 Å². The van der Waals surface area contributed by atoms with Crippen molar-refractivity contribution < 1.29 is 9.67 Å². The average Bonchev–Trinajstić information content (AvgIpc) is 2.89. The van der Waals surface area contributed by atoms with Crippen molar-refractivity contribution in [1.82, 2.24) is 4.67 Å². The summed E-state index contributed by atoms with van der Waals surface area (Å²) in [4.78, 5) is 0. The maximum atomic E-state index is 14.9. The van der Waals surface area contributed by atoms with E-state index in [0.29, 0.717) is 6.42 Å². The molecule has 0 aromatic heterocycles. The van der Waals surface area contributed by atoms with Gasteiger partial charge in [0.05, 0.1) is 12.1 Å². The number of aliphatic hydroxyl groups excluding tert-OH is 1. The summed E-state index contributed by atoms with van der Waals surface area (Å²) in [5.41, 5.74) is 2.13. The molecule has 0 aliphatic heterocycles. The zero-order valence-corrected chi connectivity index (χ0v) is 19.8. The summed E-state index contributed by atoms with van der Waals surface area (Å²) in [6, 6.07) is 38.9. The summed E-state index contributed by atoms with van der Waals surface area (Å²) < 4.78 is 16.8. The summed E-state index contributed by atoms with van der Waals surface area (Å²) in [5, 5.41) is 13.0. The van der Waals surface area contributed by atoms with Crippen molar-refractivity contribution in [2.45, 2.75) is 25.0 Å². The standard InChI is InChI=1S/C29H30NO2P/c1-30(33(32,26-18-10-4-11-19-26)27-20-12-5-13-21-27)29(25-16-8-3-9-17-25)28(31)23-22-24-14-6-2-7-15-24/h2-21,28-29,31H,22-23H2,1H3. The molecule has 3 nitrogen and oxygen atoms in total. The van der Waals surface area contributed by atoms with Gasteiger partial charge in [-0.2, -0.15) is 0 Å². The number of rotatable bonds is 9. The zero-order chi connectivity index (χ0) is 23.1. The first-order chi connectivity index (χ1) is 16.1. The summed E-state index contributed by atoms with van der Waals surface area (Å²) in [6.45, 7) is 0. The molecule has 0 aliphatic carbocycles. The van der Waals surface area contributed by atoms with Crippen LogP contribution in [0.4, 0.5) is 0 Å². The second kappa shape index (κ2) is 10.8. The lowest BCUT2D eigenvalue weighted by Gasteiger charge is -2.38. The van der Waals surface area contributed by atoms with Crippen molar-refractivity contribution in [3.8, 4) is 0 Å². The molecule has 0 spiro atoms. The highest BCUT2D eigenvalue weighted by atomic mass is 31.2. The van der Waals surface area contributed by atoms with Gasteiger partial charge in [-0.3, -0.25) is 4.57 Å². The third-order valence-electron chi connectivity index (χ3n) is 6.14. The Morgan fingerprint density at radius 1 is 0.697 bits per heavy atom. The van der Waals surface area contributed by atoms with Gasteiger partial charge in [-0.15, -0.1) is 0 Å². The number of likely N-dealkylation sites (N-methyl/N-ethyl adjacent to an activating group) is 1. The molecule has 2 unspecified atom stereocenters. The van der Waals surface area contributed by atoms with Crippen LogP contribution in [0.25, 0.3) is 0 Å². The predicted molar refractivity (Wildman–Crippen MR) is 137 cm³/mol. The van der Waals surface area contributed by atoms with E-state index in [0.717, 1.165) is 22.6 Å². The van der Waals surface area contributed by atoms with E-state index in [1.807, 2.05) is 121 Å². The van der Waals surface area contributed by atoms with Gasteiger partial charge in [0.15, 0.2) is 0 Å². The summed E-state index contributed by atoms with van der Waals surface area (Å²) in [6.07, 6.45) is 0.621. The van der Waals surface area contributed by atoms with Gasteiger partial charge in [-0.1, -0.05) is 97.1 Å². The highest BCUT2D eigenvalue weighted by molar-refractivity contribution is 7.76. The van der Waals surface area contributed by atoms with Crippen molar-refractivity contribution in [2.24, 2.45) is 0 Å². The summed E-state index contributed by atoms with van der Waals surface area (Å²) in [7, 11) is -1.33. The van der Waals surface area contributed by atoms with Crippen LogP contribution in [0.2, 0.25) is 0 Å². The molecule has 0 saturated heterocycles. The average molecular weight is 456 g/mol. The Morgan fingerprint density at radius 2 is 1.12 bits per heavy atom. The van der Waals surface area contributed by atoms with Crippen LogP contribution in [0.15, 0.2) is 121 Å². The minimum atomic E-state index is -3.21. The van der Waals surface area contributed by atoms with Gasteiger partial charge < -0.3 is 5.11 Å². The quantitative estimate of drug-likeness (QED) is 0.335. The van der Waals surface area contributed by atoms with E-state index < -0.39 is 19.4 Å². The minimum Gasteiger partial charge on any atom is -0.391 e. The van der Waals surface area contributed by atoms with Crippen LogP contribution in [0.5, 0.6) is 0 Å². The van der Waals surface area contributed by atoms with Crippen LogP contribution >= 0.6 is 7.29 Å². The van der Waals surface area contributed by atoms with E-state index >= 15 is 0 Å². The van der Waals surface area contributed by atoms with Crippen LogP contribution in [0.1, 0.15) is 23.6 Å². The maximum absolute atomic E-state index is 14.9. The first-order valence-corrected chi connectivity index (χ1v) is 13.0. The van der Waals surface area contributed by atoms with Crippen LogP contribution in [-0.4, -0.2) is 22.9 Å². The molecule has 0 radical (unpaired) electrons. The fourth-order valence-electron chi connectivity index (χ4n) is 4.40. The van der Waals surface area contributed by atoms with Gasteiger partial charge in [-0.25, -0.2) is 4.67 Å². The molecular weight excluding hydrogens is 425 g/mol. The second-order valence-corrected chi connectivity index (χ2v) is 11.1. The first-order valence-electron chi connectivity index (χ1n) is 11.3. The number of aryl methyl sites for hydroxylation is 1. The van der Waals surface area contributed by atoms with Crippen molar-refractivity contribution in [3.05, 3.63) is 132 Å². The van der Waals surface area contributed by atoms with Crippen molar-refractivity contribution >= 4 is 17.9 Å². The molecule has 168 valence electrons. The number of benzene rings is 4. The van der Waals surface area contributed by atoms with Gasteiger partial charge in [0.2, 0.25) is 7.29 Å². The molecule has 4 aromatic rings. The van der Waals surface area contributed by atoms with E-state index in [1.165, 1.54) is 5.56 Å². The largest absolute Gasteiger partial charge is 0.391 e. The molecule has 0 saturated carbocycles. The lowest BCUT2D eigenvalue weighted by molar-refractivity contribution is 0.0907. The third-order valence-corrected chi connectivity index (χ3v) is 9.27. The molecule has 0 bridgehead atoms. The van der Waals surface area contributed by atoms with Crippen LogP contribution in [0.3, 0.4) is 0 Å². The highest BCUT2D eigenvalue weighted by Crippen LogP contribution is 2.51. The van der Waals surface area contributed by atoms with E-state index in [4.69, 9.17) is 0 Å². The zero-order valence-electron chi connectivity index (χ0n) is 18.9. The normalized spacial score (nSPS) is 13.5. The van der Waals surface area contributed by atoms with Crippen molar-refractivity contribution in [3.63, 3.8) is 0 Å². The van der Waals surface area contributed by atoms with Crippen molar-refractivity contribution in [2.75, 3.05) is 7.05 Å². The van der Waals surface area contributed by atoms with Gasteiger partial charge in [0.1, 0.15) is 0 Å². The molecule has 4 rings (SSSR count). The van der Waals surface area contributed by atoms with E-state index in [-0.39, 0.29) is 0 Å². The minimum absolute atomic E-state index is 0.429. The molecule has 0 aliphatic rings. The molecule has 0 amide bonds. The lowest BCUT2D eigenvalue weighted by Crippen LogP contribution is -2.38. The smallest absolute Gasteiger partial charge is 0.207 e. The maximum Gasteiger partial charge on any atom is 0.207 e. The molecule has 4 aromatic carbocycles. The Labute approximate surface area is 196 Å². The SMILES string of the molecule is CN(C(c1ccccc1)C(O)CCc1ccccc1)P(=O)(c1ccccc1)c1ccccc1. The second-order valence-electron chi connectivity index (χ2n) is 8.27. The monoisotopic (exact) mass is 455 g/mol. The Hall–Kier alpha value is -2.97.